The molecule has 3 aromatic rings. The van der Waals surface area contributed by atoms with Crippen LogP contribution in [0.25, 0.3) is 10.4 Å². The van der Waals surface area contributed by atoms with Crippen molar-refractivity contribution in [1.82, 2.24) is 4.90 Å². The van der Waals surface area contributed by atoms with Crippen LogP contribution in [0.2, 0.25) is 0 Å². The van der Waals surface area contributed by atoms with E-state index in [0.717, 1.165) is 38.6 Å². The van der Waals surface area contributed by atoms with Gasteiger partial charge in [-0.25, -0.2) is 0 Å². The van der Waals surface area contributed by atoms with Gasteiger partial charge in [0.05, 0.1) is 11.4 Å². The van der Waals surface area contributed by atoms with Crippen LogP contribution in [0.3, 0.4) is 0 Å². The third kappa shape index (κ3) is 4.62. The molecule has 32 heavy (non-hydrogen) atoms. The molecule has 0 aliphatic carbocycles. The Balaban J connectivity index is 1.42. The van der Waals surface area contributed by atoms with Gasteiger partial charge in [-0.05, 0) is 67.8 Å². The summed E-state index contributed by atoms with van der Waals surface area (Å²) in [6.07, 6.45) is 0. The van der Waals surface area contributed by atoms with Crippen molar-refractivity contribution < 1.29 is 19.1 Å². The SMILES string of the molecule is Cc1cc(C)c(NC(=O)CN(C)C(=O)c2ccc(-c3ccc4c(c3)OCCO4)s2)c(C)c1. The molecular weight excluding hydrogens is 424 g/mol. The second-order valence-corrected chi connectivity index (χ2v) is 9.09. The van der Waals surface area contributed by atoms with Crippen molar-refractivity contribution in [3.05, 3.63) is 64.0 Å². The minimum Gasteiger partial charge on any atom is -0.486 e. The van der Waals surface area contributed by atoms with E-state index in [9.17, 15) is 9.59 Å². The lowest BCUT2D eigenvalue weighted by Gasteiger charge is -2.18. The molecule has 1 aliphatic heterocycles. The molecule has 6 nitrogen and oxygen atoms in total. The highest BCUT2D eigenvalue weighted by molar-refractivity contribution is 7.17. The lowest BCUT2D eigenvalue weighted by Crippen LogP contribution is -2.34. The number of ether oxygens (including phenoxy) is 2. The first-order valence-corrected chi connectivity index (χ1v) is 11.3. The Bertz CT molecular complexity index is 1160. The van der Waals surface area contributed by atoms with Gasteiger partial charge in [-0.2, -0.15) is 0 Å². The number of nitrogens with zero attached hydrogens (tertiary/aromatic N) is 1. The first-order chi connectivity index (χ1) is 15.3. The predicted molar refractivity (Wildman–Crippen MR) is 127 cm³/mol. The van der Waals surface area contributed by atoms with Crippen molar-refractivity contribution in [2.45, 2.75) is 20.8 Å². The van der Waals surface area contributed by atoms with Crippen molar-refractivity contribution in [3.63, 3.8) is 0 Å². The van der Waals surface area contributed by atoms with E-state index in [0.29, 0.717) is 23.8 Å². The Kier molecular flexibility index (Phi) is 6.19. The zero-order valence-corrected chi connectivity index (χ0v) is 19.5. The van der Waals surface area contributed by atoms with Crippen LogP contribution in [0.5, 0.6) is 11.5 Å². The van der Waals surface area contributed by atoms with Gasteiger partial charge in [-0.1, -0.05) is 17.7 Å². The molecule has 2 heterocycles. The van der Waals surface area contributed by atoms with Crippen molar-refractivity contribution >= 4 is 28.8 Å². The zero-order chi connectivity index (χ0) is 22.8. The summed E-state index contributed by atoms with van der Waals surface area (Å²) >= 11 is 1.39. The van der Waals surface area contributed by atoms with Crippen LogP contribution >= 0.6 is 11.3 Å². The fourth-order valence-electron chi connectivity index (χ4n) is 3.84. The highest BCUT2D eigenvalue weighted by Gasteiger charge is 2.19. The Hall–Kier alpha value is -3.32. The molecule has 0 atom stereocenters. The van der Waals surface area contributed by atoms with E-state index >= 15 is 0 Å². The second-order valence-electron chi connectivity index (χ2n) is 8.01. The van der Waals surface area contributed by atoms with E-state index in [2.05, 4.69) is 5.32 Å². The molecule has 0 spiro atoms. The Labute approximate surface area is 191 Å². The van der Waals surface area contributed by atoms with Crippen LogP contribution in [0.15, 0.2) is 42.5 Å². The summed E-state index contributed by atoms with van der Waals surface area (Å²) < 4.78 is 11.2. The number of amides is 2. The van der Waals surface area contributed by atoms with Crippen LogP contribution in [0.4, 0.5) is 5.69 Å². The summed E-state index contributed by atoms with van der Waals surface area (Å²) in [5, 5.41) is 2.95. The fraction of sp³-hybridized carbons (Fsp3) is 0.280. The average Bonchev–Trinajstić information content (AvgIpc) is 3.25. The number of aryl methyl sites for hydroxylation is 3. The normalized spacial score (nSPS) is 12.4. The summed E-state index contributed by atoms with van der Waals surface area (Å²) in [5.74, 6) is 1.04. The maximum Gasteiger partial charge on any atom is 0.264 e. The monoisotopic (exact) mass is 450 g/mol. The fourth-order valence-corrected chi connectivity index (χ4v) is 4.83. The van der Waals surface area contributed by atoms with Gasteiger partial charge in [-0.3, -0.25) is 9.59 Å². The Morgan fingerprint density at radius 2 is 1.66 bits per heavy atom. The molecule has 0 saturated heterocycles. The standard InChI is InChI=1S/C25H26N2O4S/c1-15-11-16(2)24(17(3)12-15)26-23(28)14-27(4)25(29)22-8-7-21(32-22)18-5-6-19-20(13-18)31-10-9-30-19/h5-8,11-13H,9-10,14H2,1-4H3,(H,26,28). The molecule has 0 fully saturated rings. The number of carbonyl (C=O) groups excluding carboxylic acids is 2. The molecule has 166 valence electrons. The molecule has 0 unspecified atom stereocenters. The third-order valence-electron chi connectivity index (χ3n) is 5.31. The molecule has 1 aromatic heterocycles. The van der Waals surface area contributed by atoms with Crippen LogP contribution in [-0.4, -0.2) is 43.5 Å². The van der Waals surface area contributed by atoms with E-state index in [1.807, 2.05) is 57.2 Å². The first kappa shape index (κ1) is 21.9. The smallest absolute Gasteiger partial charge is 0.264 e. The second kappa shape index (κ2) is 9.04. The van der Waals surface area contributed by atoms with Crippen LogP contribution in [0, 0.1) is 20.8 Å². The molecule has 2 aromatic carbocycles. The number of carbonyl (C=O) groups is 2. The number of hydrogen-bond donors (Lipinski definition) is 1. The summed E-state index contributed by atoms with van der Waals surface area (Å²) in [7, 11) is 1.64. The highest BCUT2D eigenvalue weighted by Crippen LogP contribution is 2.37. The number of hydrogen-bond acceptors (Lipinski definition) is 5. The van der Waals surface area contributed by atoms with Crippen molar-refractivity contribution in [1.29, 1.82) is 0 Å². The number of anilines is 1. The molecule has 7 heteroatoms. The Morgan fingerprint density at radius 3 is 2.38 bits per heavy atom. The number of likely N-dealkylation sites (N-methyl/N-ethyl adjacent to an activating group) is 1. The molecule has 4 rings (SSSR count). The van der Waals surface area contributed by atoms with Gasteiger partial charge >= 0.3 is 0 Å². The minimum atomic E-state index is -0.223. The lowest BCUT2D eigenvalue weighted by molar-refractivity contribution is -0.116. The van der Waals surface area contributed by atoms with Crippen LogP contribution in [0.1, 0.15) is 26.4 Å². The van der Waals surface area contributed by atoms with Gasteiger partial charge < -0.3 is 19.7 Å². The summed E-state index contributed by atoms with van der Waals surface area (Å²) in [4.78, 5) is 28.5. The molecule has 0 saturated carbocycles. The van der Waals surface area contributed by atoms with Crippen molar-refractivity contribution in [2.75, 3.05) is 32.1 Å². The zero-order valence-electron chi connectivity index (χ0n) is 18.7. The lowest BCUT2D eigenvalue weighted by atomic mass is 10.1. The van der Waals surface area contributed by atoms with Gasteiger partial charge in [0.25, 0.3) is 5.91 Å². The van der Waals surface area contributed by atoms with E-state index in [1.165, 1.54) is 16.2 Å². The average molecular weight is 451 g/mol. The molecule has 0 bridgehead atoms. The van der Waals surface area contributed by atoms with Gasteiger partial charge in [0.1, 0.15) is 13.2 Å². The molecule has 0 radical (unpaired) electrons. The predicted octanol–water partition coefficient (Wildman–Crippen LogP) is 4.82. The largest absolute Gasteiger partial charge is 0.486 e. The molecule has 1 aliphatic rings. The van der Waals surface area contributed by atoms with Gasteiger partial charge in [-0.15, -0.1) is 11.3 Å². The van der Waals surface area contributed by atoms with E-state index in [1.54, 1.807) is 13.1 Å². The summed E-state index contributed by atoms with van der Waals surface area (Å²) in [6, 6.07) is 13.5. The Morgan fingerprint density at radius 1 is 0.969 bits per heavy atom. The quantitative estimate of drug-likeness (QED) is 0.605. The maximum atomic E-state index is 12.9. The van der Waals surface area contributed by atoms with Gasteiger partial charge in [0.2, 0.25) is 5.91 Å². The van der Waals surface area contributed by atoms with Crippen molar-refractivity contribution in [2.24, 2.45) is 0 Å². The highest BCUT2D eigenvalue weighted by atomic mass is 32.1. The summed E-state index contributed by atoms with van der Waals surface area (Å²) in [5.41, 5.74) is 4.93. The molecular formula is C25H26N2O4S. The van der Waals surface area contributed by atoms with Gasteiger partial charge in [0, 0.05) is 17.6 Å². The maximum absolute atomic E-state index is 12.9. The van der Waals surface area contributed by atoms with E-state index < -0.39 is 0 Å². The van der Waals surface area contributed by atoms with E-state index in [-0.39, 0.29) is 18.4 Å². The van der Waals surface area contributed by atoms with Crippen molar-refractivity contribution in [3.8, 4) is 21.9 Å². The van der Waals surface area contributed by atoms with Crippen LogP contribution < -0.4 is 14.8 Å². The van der Waals surface area contributed by atoms with Gasteiger partial charge in [0.15, 0.2) is 11.5 Å². The summed E-state index contributed by atoms with van der Waals surface area (Å²) in [6.45, 7) is 7.01. The topological polar surface area (TPSA) is 67.9 Å². The minimum absolute atomic E-state index is 0.0250. The number of benzene rings is 2. The molecule has 1 N–H and O–H groups in total. The number of rotatable bonds is 5. The number of fused-ring (bicyclic) bond motifs is 1. The van der Waals surface area contributed by atoms with Crippen LogP contribution in [-0.2, 0) is 4.79 Å². The number of thiophene rings is 1. The first-order valence-electron chi connectivity index (χ1n) is 10.4. The van der Waals surface area contributed by atoms with E-state index in [4.69, 9.17) is 9.47 Å². The number of nitrogens with one attached hydrogen (secondary N) is 1. The molecule has 2 amide bonds. The third-order valence-corrected chi connectivity index (χ3v) is 6.43.